The molecule has 1 aromatic rings. The first-order valence-electron chi connectivity index (χ1n) is 8.32. The van der Waals surface area contributed by atoms with E-state index in [1.54, 1.807) is 0 Å². The van der Waals surface area contributed by atoms with Crippen LogP contribution in [-0.2, 0) is 20.9 Å². The maximum atomic E-state index is 12.3. The minimum Gasteiger partial charge on any atom is -0.378 e. The molecule has 2 fully saturated rings. The average Bonchev–Trinajstić information content (AvgIpc) is 2.63. The van der Waals surface area contributed by atoms with Gasteiger partial charge < -0.3 is 20.3 Å². The van der Waals surface area contributed by atoms with Gasteiger partial charge in [0.2, 0.25) is 11.8 Å². The van der Waals surface area contributed by atoms with Crippen molar-refractivity contribution in [2.45, 2.75) is 31.2 Å². The third-order valence-corrected chi connectivity index (χ3v) is 5.67. The highest BCUT2D eigenvalue weighted by atomic mass is 32.2. The lowest BCUT2D eigenvalue weighted by Gasteiger charge is -2.32. The van der Waals surface area contributed by atoms with Gasteiger partial charge in [0.25, 0.3) is 0 Å². The van der Waals surface area contributed by atoms with Crippen molar-refractivity contribution in [2.24, 2.45) is 0 Å². The fraction of sp³-hybridized carbons (Fsp3) is 0.625. The molecule has 0 bridgehead atoms. The van der Waals surface area contributed by atoms with E-state index in [-0.39, 0.29) is 11.8 Å². The molecule has 1 aromatic heterocycles. The predicted molar refractivity (Wildman–Crippen MR) is 95.4 cm³/mol. The van der Waals surface area contributed by atoms with Gasteiger partial charge in [-0.15, -0.1) is 11.8 Å². The molecular formula is C16H23N5O3S. The molecule has 2 N–H and O–H groups in total. The van der Waals surface area contributed by atoms with Gasteiger partial charge in [-0.2, -0.15) is 0 Å². The zero-order chi connectivity index (χ0) is 17.9. The molecule has 3 rings (SSSR count). The Morgan fingerprint density at radius 3 is 2.92 bits per heavy atom. The third-order valence-electron chi connectivity index (χ3n) is 4.27. The maximum absolute atomic E-state index is 12.3. The Balaban J connectivity index is 1.55. The van der Waals surface area contributed by atoms with E-state index in [0.717, 1.165) is 24.6 Å². The average molecular weight is 365 g/mol. The van der Waals surface area contributed by atoms with Crippen molar-refractivity contribution in [2.75, 3.05) is 37.0 Å². The number of amides is 2. The molecule has 1 atom stereocenters. The van der Waals surface area contributed by atoms with E-state index in [4.69, 9.17) is 4.74 Å². The number of nitrogens with one attached hydrogen (secondary N) is 2. The second-order valence-corrected chi connectivity index (χ2v) is 8.17. The number of thioether (sulfide) groups is 1. The number of carbonyl (C=O) groups is 2. The van der Waals surface area contributed by atoms with Gasteiger partial charge in [0.05, 0.1) is 30.2 Å². The summed E-state index contributed by atoms with van der Waals surface area (Å²) < 4.78 is 4.85. The molecule has 8 nitrogen and oxygen atoms in total. The lowest BCUT2D eigenvalue weighted by Crippen LogP contribution is -2.57. The molecule has 0 saturated carbocycles. The summed E-state index contributed by atoms with van der Waals surface area (Å²) in [6.07, 6.45) is 1.51. The topological polar surface area (TPSA) is 96.5 Å². The lowest BCUT2D eigenvalue weighted by atomic mass is 10.1. The van der Waals surface area contributed by atoms with Crippen molar-refractivity contribution >= 4 is 29.4 Å². The van der Waals surface area contributed by atoms with Crippen molar-refractivity contribution in [1.82, 2.24) is 20.6 Å². The fourth-order valence-corrected chi connectivity index (χ4v) is 3.63. The molecule has 0 unspecified atom stereocenters. The van der Waals surface area contributed by atoms with Gasteiger partial charge in [-0.05, 0) is 13.8 Å². The second-order valence-electron chi connectivity index (χ2n) is 6.53. The van der Waals surface area contributed by atoms with Crippen LogP contribution in [0, 0.1) is 0 Å². The highest BCUT2D eigenvalue weighted by Gasteiger charge is 2.37. The highest BCUT2D eigenvalue weighted by molar-refractivity contribution is 8.01. The molecule has 0 aromatic carbocycles. The van der Waals surface area contributed by atoms with Crippen molar-refractivity contribution < 1.29 is 14.3 Å². The molecule has 3 heterocycles. The number of anilines is 1. The number of hydrogen-bond acceptors (Lipinski definition) is 7. The first-order chi connectivity index (χ1) is 12.0. The Morgan fingerprint density at radius 2 is 2.20 bits per heavy atom. The summed E-state index contributed by atoms with van der Waals surface area (Å²) in [5.41, 5.74) is 0.736. The smallest absolute Gasteiger partial charge is 0.243 e. The molecule has 2 aliphatic rings. The van der Waals surface area contributed by atoms with E-state index < -0.39 is 10.8 Å². The van der Waals surface area contributed by atoms with Gasteiger partial charge >= 0.3 is 0 Å². The Morgan fingerprint density at radius 1 is 1.44 bits per heavy atom. The van der Waals surface area contributed by atoms with E-state index in [1.807, 2.05) is 19.9 Å². The number of rotatable bonds is 4. The zero-order valence-electron chi connectivity index (χ0n) is 14.4. The monoisotopic (exact) mass is 365 g/mol. The van der Waals surface area contributed by atoms with E-state index >= 15 is 0 Å². The van der Waals surface area contributed by atoms with Crippen molar-refractivity contribution in [3.05, 3.63) is 18.1 Å². The van der Waals surface area contributed by atoms with Crippen LogP contribution in [-0.4, -0.2) is 64.6 Å². The van der Waals surface area contributed by atoms with Crippen LogP contribution >= 0.6 is 11.8 Å². The number of ether oxygens (including phenoxy) is 1. The van der Waals surface area contributed by atoms with Crippen LogP contribution in [0.25, 0.3) is 0 Å². The first kappa shape index (κ1) is 17.9. The van der Waals surface area contributed by atoms with E-state index in [0.29, 0.717) is 25.5 Å². The van der Waals surface area contributed by atoms with Crippen LogP contribution in [0.3, 0.4) is 0 Å². The Labute approximate surface area is 151 Å². The molecule has 0 aliphatic carbocycles. The molecule has 0 radical (unpaired) electrons. The largest absolute Gasteiger partial charge is 0.378 e. The summed E-state index contributed by atoms with van der Waals surface area (Å²) >= 11 is 1.49. The molecule has 2 amide bonds. The van der Waals surface area contributed by atoms with Gasteiger partial charge in [-0.25, -0.2) is 9.97 Å². The Hall–Kier alpha value is -1.87. The summed E-state index contributed by atoms with van der Waals surface area (Å²) in [6, 6.07) is 1.37. The minimum absolute atomic E-state index is 0.111. The summed E-state index contributed by atoms with van der Waals surface area (Å²) in [7, 11) is 0. The summed E-state index contributed by atoms with van der Waals surface area (Å²) in [4.78, 5) is 34.9. The second kappa shape index (κ2) is 7.57. The summed E-state index contributed by atoms with van der Waals surface area (Å²) in [5.74, 6) is 1.10. The van der Waals surface area contributed by atoms with Crippen LogP contribution in [0.1, 0.15) is 19.5 Å². The maximum Gasteiger partial charge on any atom is 0.243 e. The summed E-state index contributed by atoms with van der Waals surface area (Å²) in [5, 5.41) is 5.63. The van der Waals surface area contributed by atoms with E-state index in [2.05, 4.69) is 25.5 Å². The number of aromatic nitrogens is 2. The molecular weight excluding hydrogens is 342 g/mol. The number of hydrogen-bond donors (Lipinski definition) is 2. The molecule has 0 spiro atoms. The van der Waals surface area contributed by atoms with Crippen LogP contribution < -0.4 is 15.5 Å². The molecule has 9 heteroatoms. The SMILES string of the molecule is CC1(C)SC[C@@H](C(=O)NCc2cc(N3CCOCC3)ncn2)NC1=O. The number of nitrogens with zero attached hydrogens (tertiary/aromatic N) is 3. The Bertz CT molecular complexity index is 648. The Kier molecular flexibility index (Phi) is 5.43. The normalized spacial score (nSPS) is 23.0. The molecule has 136 valence electrons. The van der Waals surface area contributed by atoms with Gasteiger partial charge in [-0.1, -0.05) is 0 Å². The fourth-order valence-electron chi connectivity index (χ4n) is 2.62. The molecule has 25 heavy (non-hydrogen) atoms. The first-order valence-corrected chi connectivity index (χ1v) is 9.30. The van der Waals surface area contributed by atoms with Crippen LogP contribution in [0.15, 0.2) is 12.4 Å². The van der Waals surface area contributed by atoms with Crippen molar-refractivity contribution in [3.63, 3.8) is 0 Å². The van der Waals surface area contributed by atoms with Gasteiger partial charge in [0, 0.05) is 24.9 Å². The van der Waals surface area contributed by atoms with Crippen molar-refractivity contribution in [1.29, 1.82) is 0 Å². The molecule has 2 saturated heterocycles. The highest BCUT2D eigenvalue weighted by Crippen LogP contribution is 2.29. The lowest BCUT2D eigenvalue weighted by molar-refractivity contribution is -0.129. The van der Waals surface area contributed by atoms with E-state index in [1.165, 1.54) is 18.1 Å². The van der Waals surface area contributed by atoms with Crippen molar-refractivity contribution in [3.8, 4) is 0 Å². The predicted octanol–water partition coefficient (Wildman–Crippen LogP) is -0.0604. The minimum atomic E-state index is -0.508. The molecule has 2 aliphatic heterocycles. The number of carbonyl (C=O) groups excluding carboxylic acids is 2. The van der Waals surface area contributed by atoms with Crippen LogP contribution in [0.5, 0.6) is 0 Å². The van der Waals surface area contributed by atoms with Gasteiger partial charge in [0.15, 0.2) is 0 Å². The zero-order valence-corrected chi connectivity index (χ0v) is 15.3. The standard InChI is InChI=1S/C16H23N5O3S/c1-16(2)15(23)20-12(9-25-16)14(22)17-8-11-7-13(19-10-18-11)21-3-5-24-6-4-21/h7,10,12H,3-6,8-9H2,1-2H3,(H,17,22)(H,20,23)/t12-/m0/s1. The van der Waals surface area contributed by atoms with E-state index in [9.17, 15) is 9.59 Å². The van der Waals surface area contributed by atoms with Gasteiger partial charge in [0.1, 0.15) is 18.2 Å². The van der Waals surface area contributed by atoms with Crippen LogP contribution in [0.4, 0.5) is 5.82 Å². The number of morpholine rings is 1. The van der Waals surface area contributed by atoms with Crippen LogP contribution in [0.2, 0.25) is 0 Å². The summed E-state index contributed by atoms with van der Waals surface area (Å²) in [6.45, 7) is 6.98. The quantitative estimate of drug-likeness (QED) is 0.772. The third kappa shape index (κ3) is 4.40. The van der Waals surface area contributed by atoms with Gasteiger partial charge in [-0.3, -0.25) is 9.59 Å².